The van der Waals surface area contributed by atoms with Crippen molar-refractivity contribution < 1.29 is 14.3 Å². The van der Waals surface area contributed by atoms with Crippen LogP contribution in [0.15, 0.2) is 24.3 Å². The Morgan fingerprint density at radius 3 is 2.65 bits per heavy atom. The maximum atomic E-state index is 12.9. The summed E-state index contributed by atoms with van der Waals surface area (Å²) in [4.78, 5) is 13.1. The fourth-order valence-electron chi connectivity index (χ4n) is 1.56. The second kappa shape index (κ2) is 5.27. The van der Waals surface area contributed by atoms with E-state index < -0.39 is 5.60 Å². The molecule has 0 unspecified atom stereocenters. The molecular weight excluding hydrogens is 221 g/mol. The number of carbonyl (C=O) groups is 1. The standard InChI is InChI=1S/C13H18FNO2/c1-13(2,17)12(16)15(3)8-7-10-5-4-6-11(14)9-10/h4-6,9,17H,7-8H2,1-3H3. The molecule has 0 aromatic heterocycles. The highest BCUT2D eigenvalue weighted by Crippen LogP contribution is 2.08. The number of carbonyl (C=O) groups excluding carboxylic acids is 1. The van der Waals surface area contributed by atoms with E-state index >= 15 is 0 Å². The maximum absolute atomic E-state index is 12.9. The summed E-state index contributed by atoms with van der Waals surface area (Å²) >= 11 is 0. The van der Waals surface area contributed by atoms with Gasteiger partial charge >= 0.3 is 0 Å². The third-order valence-electron chi connectivity index (χ3n) is 2.49. The molecule has 0 aliphatic rings. The van der Waals surface area contributed by atoms with Crippen molar-refractivity contribution in [3.8, 4) is 0 Å². The Morgan fingerprint density at radius 1 is 1.47 bits per heavy atom. The third-order valence-corrected chi connectivity index (χ3v) is 2.49. The number of rotatable bonds is 4. The van der Waals surface area contributed by atoms with Crippen molar-refractivity contribution in [2.24, 2.45) is 0 Å². The molecule has 94 valence electrons. The van der Waals surface area contributed by atoms with Gasteiger partial charge in [-0.25, -0.2) is 4.39 Å². The fraction of sp³-hybridized carbons (Fsp3) is 0.462. The van der Waals surface area contributed by atoms with E-state index in [1.807, 2.05) is 6.07 Å². The van der Waals surface area contributed by atoms with Crippen LogP contribution in [-0.4, -0.2) is 35.1 Å². The van der Waals surface area contributed by atoms with Gasteiger partial charge in [-0.2, -0.15) is 0 Å². The molecule has 1 aromatic rings. The van der Waals surface area contributed by atoms with E-state index in [2.05, 4.69) is 0 Å². The average molecular weight is 239 g/mol. The Morgan fingerprint density at radius 2 is 2.12 bits per heavy atom. The fourth-order valence-corrected chi connectivity index (χ4v) is 1.56. The zero-order chi connectivity index (χ0) is 13.1. The Labute approximate surface area is 101 Å². The van der Waals surface area contributed by atoms with E-state index in [-0.39, 0.29) is 11.7 Å². The van der Waals surface area contributed by atoms with Gasteiger partial charge in [0.25, 0.3) is 5.91 Å². The summed E-state index contributed by atoms with van der Waals surface area (Å²) in [6, 6.07) is 6.28. The topological polar surface area (TPSA) is 40.5 Å². The summed E-state index contributed by atoms with van der Waals surface area (Å²) in [6.45, 7) is 3.36. The van der Waals surface area contributed by atoms with Crippen LogP contribution in [0.3, 0.4) is 0 Å². The third kappa shape index (κ3) is 4.15. The summed E-state index contributed by atoms with van der Waals surface area (Å²) in [6.07, 6.45) is 0.566. The van der Waals surface area contributed by atoms with E-state index in [0.717, 1.165) is 5.56 Å². The highest BCUT2D eigenvalue weighted by atomic mass is 19.1. The molecule has 0 fully saturated rings. The SMILES string of the molecule is CN(CCc1cccc(F)c1)C(=O)C(C)(C)O. The van der Waals surface area contributed by atoms with Crippen LogP contribution in [0.4, 0.5) is 4.39 Å². The molecular formula is C13H18FNO2. The van der Waals surface area contributed by atoms with Gasteiger partial charge in [-0.3, -0.25) is 4.79 Å². The molecule has 1 amide bonds. The molecule has 0 spiro atoms. The Balaban J connectivity index is 2.54. The Kier molecular flexibility index (Phi) is 4.23. The van der Waals surface area contributed by atoms with Crippen molar-refractivity contribution in [2.75, 3.05) is 13.6 Å². The molecule has 1 N–H and O–H groups in total. The largest absolute Gasteiger partial charge is 0.381 e. The number of halogens is 1. The van der Waals surface area contributed by atoms with Crippen LogP contribution in [0.5, 0.6) is 0 Å². The second-order valence-corrected chi connectivity index (χ2v) is 4.67. The van der Waals surface area contributed by atoms with Crippen molar-refractivity contribution in [2.45, 2.75) is 25.9 Å². The summed E-state index contributed by atoms with van der Waals surface area (Å²) < 4.78 is 12.9. The van der Waals surface area contributed by atoms with E-state index in [1.54, 1.807) is 13.1 Å². The monoisotopic (exact) mass is 239 g/mol. The van der Waals surface area contributed by atoms with Crippen LogP contribution >= 0.6 is 0 Å². The zero-order valence-electron chi connectivity index (χ0n) is 10.4. The summed E-state index contributed by atoms with van der Waals surface area (Å²) in [5.74, 6) is -0.618. The molecule has 0 radical (unpaired) electrons. The molecule has 0 saturated carbocycles. The number of hydrogen-bond acceptors (Lipinski definition) is 2. The van der Waals surface area contributed by atoms with Gasteiger partial charge in [0.1, 0.15) is 11.4 Å². The maximum Gasteiger partial charge on any atom is 0.253 e. The van der Waals surface area contributed by atoms with E-state index in [1.165, 1.54) is 30.9 Å². The lowest BCUT2D eigenvalue weighted by atomic mass is 10.1. The van der Waals surface area contributed by atoms with Crippen LogP contribution in [0.25, 0.3) is 0 Å². The smallest absolute Gasteiger partial charge is 0.253 e. The van der Waals surface area contributed by atoms with Crippen molar-refractivity contribution in [3.63, 3.8) is 0 Å². The van der Waals surface area contributed by atoms with Crippen LogP contribution < -0.4 is 0 Å². The molecule has 3 nitrogen and oxygen atoms in total. The van der Waals surface area contributed by atoms with E-state index in [9.17, 15) is 14.3 Å². The Bertz CT molecular complexity index is 399. The van der Waals surface area contributed by atoms with Gasteiger partial charge in [0.2, 0.25) is 0 Å². The van der Waals surface area contributed by atoms with Crippen molar-refractivity contribution in [3.05, 3.63) is 35.6 Å². The van der Waals surface area contributed by atoms with Crippen LogP contribution in [0.1, 0.15) is 19.4 Å². The van der Waals surface area contributed by atoms with Crippen LogP contribution in [0.2, 0.25) is 0 Å². The first-order valence-electron chi connectivity index (χ1n) is 5.53. The average Bonchev–Trinajstić information content (AvgIpc) is 2.23. The minimum absolute atomic E-state index is 0.279. The van der Waals surface area contributed by atoms with Crippen molar-refractivity contribution >= 4 is 5.91 Å². The van der Waals surface area contributed by atoms with E-state index in [0.29, 0.717) is 13.0 Å². The number of nitrogens with zero attached hydrogens (tertiary/aromatic N) is 1. The van der Waals surface area contributed by atoms with Crippen molar-refractivity contribution in [1.82, 2.24) is 4.90 Å². The van der Waals surface area contributed by atoms with Gasteiger partial charge < -0.3 is 10.0 Å². The molecule has 17 heavy (non-hydrogen) atoms. The van der Waals surface area contributed by atoms with Crippen molar-refractivity contribution in [1.29, 1.82) is 0 Å². The summed E-state index contributed by atoms with van der Waals surface area (Å²) in [5, 5.41) is 9.55. The lowest BCUT2D eigenvalue weighted by molar-refractivity contribution is -0.146. The second-order valence-electron chi connectivity index (χ2n) is 4.67. The number of likely N-dealkylation sites (N-methyl/N-ethyl adjacent to an activating group) is 1. The lowest BCUT2D eigenvalue weighted by Gasteiger charge is -2.24. The highest BCUT2D eigenvalue weighted by molar-refractivity contribution is 5.83. The van der Waals surface area contributed by atoms with Crippen LogP contribution in [0, 0.1) is 5.82 Å². The van der Waals surface area contributed by atoms with E-state index in [4.69, 9.17) is 0 Å². The molecule has 0 atom stereocenters. The number of aliphatic hydroxyl groups is 1. The van der Waals surface area contributed by atoms with Gasteiger partial charge in [-0.05, 0) is 38.0 Å². The summed E-state index contributed by atoms with van der Waals surface area (Å²) in [7, 11) is 1.62. The number of benzene rings is 1. The van der Waals surface area contributed by atoms with Gasteiger partial charge in [0.05, 0.1) is 0 Å². The predicted molar refractivity (Wildman–Crippen MR) is 64.0 cm³/mol. The van der Waals surface area contributed by atoms with Gasteiger partial charge in [-0.1, -0.05) is 12.1 Å². The summed E-state index contributed by atoms with van der Waals surface area (Å²) in [5.41, 5.74) is -0.531. The quantitative estimate of drug-likeness (QED) is 0.867. The first-order chi connectivity index (χ1) is 7.80. The zero-order valence-corrected chi connectivity index (χ0v) is 10.4. The lowest BCUT2D eigenvalue weighted by Crippen LogP contribution is -2.43. The minimum atomic E-state index is -1.36. The molecule has 4 heteroatoms. The molecule has 0 saturated heterocycles. The van der Waals surface area contributed by atoms with Gasteiger partial charge in [-0.15, -0.1) is 0 Å². The first-order valence-corrected chi connectivity index (χ1v) is 5.53. The molecule has 1 aromatic carbocycles. The molecule has 0 heterocycles. The Hall–Kier alpha value is -1.42. The van der Waals surface area contributed by atoms with Gasteiger partial charge in [0, 0.05) is 13.6 Å². The number of amides is 1. The van der Waals surface area contributed by atoms with Crippen LogP contribution in [-0.2, 0) is 11.2 Å². The van der Waals surface area contributed by atoms with Gasteiger partial charge in [0.15, 0.2) is 0 Å². The molecule has 0 bridgehead atoms. The first kappa shape index (κ1) is 13.6. The minimum Gasteiger partial charge on any atom is -0.381 e. The predicted octanol–water partition coefficient (Wildman–Crippen LogP) is 1.60. The number of hydrogen-bond donors (Lipinski definition) is 1. The normalized spacial score (nSPS) is 11.4. The molecule has 0 aliphatic heterocycles. The molecule has 0 aliphatic carbocycles. The highest BCUT2D eigenvalue weighted by Gasteiger charge is 2.26. The molecule has 1 rings (SSSR count).